The molecule has 2 aliphatic rings. The molecule has 192 valence electrons. The zero-order valence-electron chi connectivity index (χ0n) is 20.9. The third kappa shape index (κ3) is 5.08. The number of carbonyl (C=O) groups is 1. The number of aliphatic imine (C=N–C) groups is 1. The van der Waals surface area contributed by atoms with Crippen LogP contribution in [0.15, 0.2) is 54.0 Å². The molecule has 1 aliphatic heterocycles. The van der Waals surface area contributed by atoms with E-state index < -0.39 is 5.41 Å². The van der Waals surface area contributed by atoms with Crippen molar-refractivity contribution in [2.75, 3.05) is 39.0 Å². The average Bonchev–Trinajstić information content (AvgIpc) is 3.33. The molecule has 1 amide bonds. The van der Waals surface area contributed by atoms with E-state index in [-0.39, 0.29) is 30.1 Å². The van der Waals surface area contributed by atoms with Crippen molar-refractivity contribution < 1.29 is 9.90 Å². The topological polar surface area (TPSA) is 152 Å². The number of nitrogens with one attached hydrogen (secondary N) is 1. The van der Waals surface area contributed by atoms with E-state index in [9.17, 15) is 4.79 Å². The van der Waals surface area contributed by atoms with Crippen molar-refractivity contribution >= 4 is 23.6 Å². The maximum atomic E-state index is 12.6. The average molecular weight is 503 g/mol. The molecule has 11 nitrogen and oxygen atoms in total. The predicted octanol–water partition coefficient (Wildman–Crippen LogP) is 1.27. The zero-order valence-corrected chi connectivity index (χ0v) is 20.9. The number of rotatable bonds is 6. The van der Waals surface area contributed by atoms with E-state index in [0.717, 1.165) is 49.0 Å². The quantitative estimate of drug-likeness (QED) is 0.294. The summed E-state index contributed by atoms with van der Waals surface area (Å²) in [6, 6.07) is 8.01. The lowest BCUT2D eigenvalue weighted by atomic mass is 9.63. The van der Waals surface area contributed by atoms with Gasteiger partial charge in [0.15, 0.2) is 0 Å². The molecule has 11 heteroatoms. The Morgan fingerprint density at radius 1 is 1.08 bits per heavy atom. The van der Waals surface area contributed by atoms with Crippen LogP contribution in [0.2, 0.25) is 0 Å². The molecule has 3 heterocycles. The van der Waals surface area contributed by atoms with Gasteiger partial charge >= 0.3 is 5.90 Å². The minimum absolute atomic E-state index is 0.0152. The number of aromatic nitrogens is 4. The second-order valence-electron chi connectivity index (χ2n) is 9.76. The van der Waals surface area contributed by atoms with Gasteiger partial charge in [-0.3, -0.25) is 14.9 Å². The summed E-state index contributed by atoms with van der Waals surface area (Å²) in [5.41, 5.74) is 8.42. The first-order valence-corrected chi connectivity index (χ1v) is 12.4. The van der Waals surface area contributed by atoms with Crippen LogP contribution in [-0.4, -0.2) is 85.5 Å². The number of nitrogens with two attached hydrogens (primary N) is 1. The third-order valence-electron chi connectivity index (χ3n) is 7.39. The molecular formula is C26H32N9O2+. The van der Waals surface area contributed by atoms with Gasteiger partial charge in [-0.1, -0.05) is 30.7 Å². The maximum Gasteiger partial charge on any atom is 0.369 e. The van der Waals surface area contributed by atoms with Gasteiger partial charge in [0, 0.05) is 50.3 Å². The number of likely N-dealkylation sites (N-methyl/N-ethyl adjacent to an activating group) is 1. The SMILES string of the molecule is CN1CCN(C(=O)Cn2cc(C([OH2+])=NC(=N)C3(c4ccc(-c5cnc(N)nc5)cc4)CCC3)cn2)CC1. The van der Waals surface area contributed by atoms with Gasteiger partial charge in [0.25, 0.3) is 0 Å². The summed E-state index contributed by atoms with van der Waals surface area (Å²) in [5.74, 6) is 0.402. The van der Waals surface area contributed by atoms with Crippen LogP contribution in [0.5, 0.6) is 0 Å². The molecule has 1 aromatic carbocycles. The monoisotopic (exact) mass is 502 g/mol. The largest absolute Gasteiger partial charge is 0.578 e. The number of amidine groups is 1. The van der Waals surface area contributed by atoms with Gasteiger partial charge in [-0.15, -0.1) is 4.99 Å². The minimum Gasteiger partial charge on any atom is -0.578 e. The Labute approximate surface area is 215 Å². The maximum absolute atomic E-state index is 12.6. The van der Waals surface area contributed by atoms with E-state index in [1.54, 1.807) is 23.3 Å². The summed E-state index contributed by atoms with van der Waals surface area (Å²) < 4.78 is 1.54. The first-order chi connectivity index (χ1) is 17.8. The van der Waals surface area contributed by atoms with Gasteiger partial charge in [0.1, 0.15) is 17.9 Å². The van der Waals surface area contributed by atoms with Crippen molar-refractivity contribution in [3.05, 3.63) is 60.2 Å². The molecule has 0 spiro atoms. The second kappa shape index (κ2) is 10.1. The molecule has 0 atom stereocenters. The van der Waals surface area contributed by atoms with Gasteiger partial charge in [-0.25, -0.2) is 9.97 Å². The molecule has 1 aliphatic carbocycles. The van der Waals surface area contributed by atoms with E-state index in [1.165, 1.54) is 6.20 Å². The summed E-state index contributed by atoms with van der Waals surface area (Å²) in [7, 11) is 2.05. The molecule has 0 radical (unpaired) electrons. The van der Waals surface area contributed by atoms with Crippen LogP contribution < -0.4 is 5.73 Å². The predicted molar refractivity (Wildman–Crippen MR) is 142 cm³/mol. The fraction of sp³-hybridized carbons (Fsp3) is 0.385. The number of nitrogen functional groups attached to an aromatic ring is 1. The van der Waals surface area contributed by atoms with Crippen molar-refractivity contribution in [3.8, 4) is 11.1 Å². The van der Waals surface area contributed by atoms with E-state index in [1.807, 2.05) is 36.2 Å². The Morgan fingerprint density at radius 2 is 1.76 bits per heavy atom. The van der Waals surface area contributed by atoms with Crippen molar-refractivity contribution in [2.24, 2.45) is 4.99 Å². The molecule has 2 fully saturated rings. The summed E-state index contributed by atoms with van der Waals surface area (Å²) in [4.78, 5) is 29.1. The lowest BCUT2D eigenvalue weighted by Crippen LogP contribution is -2.48. The summed E-state index contributed by atoms with van der Waals surface area (Å²) in [5, 5.41) is 21.5. The number of anilines is 1. The Morgan fingerprint density at radius 3 is 2.38 bits per heavy atom. The molecule has 37 heavy (non-hydrogen) atoms. The minimum atomic E-state index is -0.504. The fourth-order valence-electron chi connectivity index (χ4n) is 4.81. The number of piperazine rings is 1. The summed E-state index contributed by atoms with van der Waals surface area (Å²) in [6.07, 6.45) is 9.20. The number of nitrogens with zero attached hydrogens (tertiary/aromatic N) is 7. The highest BCUT2D eigenvalue weighted by molar-refractivity contribution is 6.04. The normalized spacial score (nSPS) is 17.9. The van der Waals surface area contributed by atoms with Crippen molar-refractivity contribution in [3.63, 3.8) is 0 Å². The molecule has 0 unspecified atom stereocenters. The molecule has 0 bridgehead atoms. The van der Waals surface area contributed by atoms with Crippen LogP contribution in [0.1, 0.15) is 30.4 Å². The number of amides is 1. The standard InChI is InChI=1S/C26H31N9O2/c1-33-9-11-34(12-10-33)22(36)17-35-16-20(15-31-35)23(37)32-24(27)26(7-2-8-26)21-5-3-18(4-6-21)19-13-29-25(28)30-14-19/h3-6,13-16H,2,7-12,17H2,1H3,(H2,27,32,37)(H2,28,29,30)/p+1. The number of hydrogen-bond acceptors (Lipinski definition) is 7. The highest BCUT2D eigenvalue weighted by Gasteiger charge is 2.43. The molecule has 1 saturated carbocycles. The smallest absolute Gasteiger partial charge is 0.369 e. The Bertz CT molecular complexity index is 1300. The lowest BCUT2D eigenvalue weighted by molar-refractivity contribution is -0.133. The lowest BCUT2D eigenvalue weighted by Gasteiger charge is -2.41. The summed E-state index contributed by atoms with van der Waals surface area (Å²) in [6.45, 7) is 3.28. The Balaban J connectivity index is 1.27. The van der Waals surface area contributed by atoms with E-state index in [0.29, 0.717) is 18.7 Å². The number of hydrogen-bond donors (Lipinski definition) is 2. The first kappa shape index (κ1) is 24.6. The summed E-state index contributed by atoms with van der Waals surface area (Å²) >= 11 is 0. The molecule has 5 N–H and O–H groups in total. The van der Waals surface area contributed by atoms with Gasteiger partial charge in [-0.2, -0.15) is 5.10 Å². The van der Waals surface area contributed by atoms with E-state index in [4.69, 9.17) is 16.2 Å². The first-order valence-electron chi connectivity index (χ1n) is 12.4. The van der Waals surface area contributed by atoms with Crippen molar-refractivity contribution in [1.82, 2.24) is 29.5 Å². The van der Waals surface area contributed by atoms with Crippen molar-refractivity contribution in [1.29, 1.82) is 5.41 Å². The third-order valence-corrected chi connectivity index (χ3v) is 7.39. The van der Waals surface area contributed by atoms with E-state index >= 15 is 0 Å². The highest BCUT2D eigenvalue weighted by Crippen LogP contribution is 2.45. The molecule has 5 rings (SSSR count). The van der Waals surface area contributed by atoms with Crippen molar-refractivity contribution in [2.45, 2.75) is 31.2 Å². The fourth-order valence-corrected chi connectivity index (χ4v) is 4.81. The van der Waals surface area contributed by atoms with Gasteiger partial charge in [-0.05, 0) is 31.0 Å². The number of carbonyl (C=O) groups excluding carboxylic acids is 1. The Kier molecular flexibility index (Phi) is 6.70. The molecule has 1 saturated heterocycles. The molecule has 3 aromatic rings. The van der Waals surface area contributed by atoms with Crippen LogP contribution in [0.3, 0.4) is 0 Å². The molecule has 2 aromatic heterocycles. The highest BCUT2D eigenvalue weighted by atomic mass is 16.3. The van der Waals surface area contributed by atoms with E-state index in [2.05, 4.69) is 25.0 Å². The van der Waals surface area contributed by atoms with Crippen LogP contribution in [0.4, 0.5) is 5.95 Å². The van der Waals surface area contributed by atoms with Crippen LogP contribution in [0.25, 0.3) is 11.1 Å². The second-order valence-corrected chi connectivity index (χ2v) is 9.76. The number of benzene rings is 1. The van der Waals surface area contributed by atoms with Gasteiger partial charge < -0.3 is 20.6 Å². The van der Waals surface area contributed by atoms with Gasteiger partial charge in [0.2, 0.25) is 11.9 Å². The Hall–Kier alpha value is -4.12. The van der Waals surface area contributed by atoms with Crippen LogP contribution in [-0.2, 0) is 16.8 Å². The molecular weight excluding hydrogens is 470 g/mol. The van der Waals surface area contributed by atoms with Crippen LogP contribution in [0, 0.1) is 5.41 Å². The van der Waals surface area contributed by atoms with Gasteiger partial charge in [0.05, 0.1) is 11.6 Å². The zero-order chi connectivity index (χ0) is 26.0. The van der Waals surface area contributed by atoms with Crippen LogP contribution >= 0.6 is 0 Å².